The summed E-state index contributed by atoms with van der Waals surface area (Å²) in [6.45, 7) is 7.01. The molecule has 4 heterocycles. The molecule has 1 aliphatic rings. The molecule has 4 rings (SSSR count). The van der Waals surface area contributed by atoms with E-state index in [0.29, 0.717) is 29.1 Å². The number of H-pyrrole nitrogens is 1. The van der Waals surface area contributed by atoms with Gasteiger partial charge < -0.3 is 10.6 Å². The van der Waals surface area contributed by atoms with Gasteiger partial charge in [0.2, 0.25) is 0 Å². The summed E-state index contributed by atoms with van der Waals surface area (Å²) in [6, 6.07) is 6.95. The molecular weight excluding hydrogens is 355 g/mol. The average molecular weight is 382 g/mol. The fraction of sp³-hybridized carbons (Fsp3) is 0.476. The smallest absolute Gasteiger partial charge is 0.181 e. The van der Waals surface area contributed by atoms with E-state index in [2.05, 4.69) is 38.9 Å². The molecule has 28 heavy (non-hydrogen) atoms. The fourth-order valence-corrected chi connectivity index (χ4v) is 4.29. The van der Waals surface area contributed by atoms with Crippen LogP contribution in [0.25, 0.3) is 22.4 Å². The number of pyridine rings is 2. The number of hydrogen-bond donors (Lipinski definition) is 2. The number of fused-ring (bicyclic) bond motifs is 1. The van der Waals surface area contributed by atoms with Crippen molar-refractivity contribution in [2.24, 2.45) is 23.5 Å². The summed E-state index contributed by atoms with van der Waals surface area (Å²) in [5.41, 5.74) is 7.43. The molecule has 7 heteroatoms. The van der Waals surface area contributed by atoms with Gasteiger partial charge in [-0.1, -0.05) is 13.8 Å². The van der Waals surface area contributed by atoms with E-state index in [1.165, 1.54) is 6.07 Å². The summed E-state index contributed by atoms with van der Waals surface area (Å²) >= 11 is 0. The molecule has 2 atom stereocenters. The Balaban J connectivity index is 1.65. The van der Waals surface area contributed by atoms with E-state index in [0.717, 1.165) is 43.7 Å². The normalized spacial score (nSPS) is 20.2. The number of nitrogens with one attached hydrogen (secondary N) is 1. The van der Waals surface area contributed by atoms with Gasteiger partial charge in [-0.15, -0.1) is 0 Å². The zero-order valence-electron chi connectivity index (χ0n) is 16.4. The lowest BCUT2D eigenvalue weighted by atomic mass is 9.80. The van der Waals surface area contributed by atoms with Gasteiger partial charge in [-0.3, -0.25) is 5.10 Å². The van der Waals surface area contributed by atoms with Crippen molar-refractivity contribution >= 4 is 16.9 Å². The maximum atomic E-state index is 14.6. The van der Waals surface area contributed by atoms with Gasteiger partial charge >= 0.3 is 0 Å². The van der Waals surface area contributed by atoms with Gasteiger partial charge in [0.25, 0.3) is 0 Å². The average Bonchev–Trinajstić information content (AvgIpc) is 3.12. The van der Waals surface area contributed by atoms with E-state index < -0.39 is 0 Å². The zero-order chi connectivity index (χ0) is 19.7. The molecule has 3 aromatic heterocycles. The van der Waals surface area contributed by atoms with Crippen LogP contribution in [0.2, 0.25) is 0 Å². The molecule has 0 saturated carbocycles. The Bertz CT molecular complexity index is 953. The molecule has 0 radical (unpaired) electrons. The molecule has 1 aliphatic heterocycles. The quantitative estimate of drug-likeness (QED) is 0.704. The molecule has 0 amide bonds. The van der Waals surface area contributed by atoms with Gasteiger partial charge in [0, 0.05) is 24.7 Å². The molecule has 1 fully saturated rings. The standard InChI is InChI=1S/C21H27FN6/c1-13(2)10-15-12-28(9-7-14(15)11-23)18-6-5-17(22)20(25-18)19-16-4-3-8-24-21(16)27-26-19/h3-6,8,13-15H,7,9-12,23H2,1-2H3,(H,24,26,27). The van der Waals surface area contributed by atoms with Crippen LogP contribution in [-0.4, -0.2) is 39.8 Å². The number of halogens is 1. The predicted octanol–water partition coefficient (Wildman–Crippen LogP) is 3.61. The molecule has 6 nitrogen and oxygen atoms in total. The molecule has 148 valence electrons. The van der Waals surface area contributed by atoms with Crippen molar-refractivity contribution in [3.63, 3.8) is 0 Å². The van der Waals surface area contributed by atoms with Crippen molar-refractivity contribution in [2.75, 3.05) is 24.5 Å². The van der Waals surface area contributed by atoms with Gasteiger partial charge in [0.15, 0.2) is 11.5 Å². The first-order valence-electron chi connectivity index (χ1n) is 9.97. The van der Waals surface area contributed by atoms with Crippen LogP contribution < -0.4 is 10.6 Å². The third-order valence-electron chi connectivity index (χ3n) is 5.69. The molecule has 0 aliphatic carbocycles. The van der Waals surface area contributed by atoms with Gasteiger partial charge in [0.05, 0.1) is 5.69 Å². The lowest BCUT2D eigenvalue weighted by Crippen LogP contribution is -2.43. The first-order chi connectivity index (χ1) is 13.6. The maximum Gasteiger partial charge on any atom is 0.181 e. The number of aromatic amines is 1. The topological polar surface area (TPSA) is 83.7 Å². The maximum absolute atomic E-state index is 14.6. The van der Waals surface area contributed by atoms with Crippen LogP contribution in [0, 0.1) is 23.6 Å². The van der Waals surface area contributed by atoms with Crippen LogP contribution in [0.5, 0.6) is 0 Å². The molecular formula is C21H27FN6. The highest BCUT2D eigenvalue weighted by atomic mass is 19.1. The summed E-state index contributed by atoms with van der Waals surface area (Å²) < 4.78 is 14.6. The first kappa shape index (κ1) is 18.8. The summed E-state index contributed by atoms with van der Waals surface area (Å²) in [7, 11) is 0. The highest BCUT2D eigenvalue weighted by Crippen LogP contribution is 2.32. The first-order valence-corrected chi connectivity index (χ1v) is 9.97. The SMILES string of the molecule is CC(C)CC1CN(c2ccc(F)c(-c3[nH]nc4ncccc34)n2)CCC1CN. The van der Waals surface area contributed by atoms with Crippen LogP contribution in [-0.2, 0) is 0 Å². The molecule has 0 spiro atoms. The van der Waals surface area contributed by atoms with Crippen LogP contribution in [0.4, 0.5) is 10.2 Å². The summed E-state index contributed by atoms with van der Waals surface area (Å²) in [6.07, 6.45) is 3.85. The van der Waals surface area contributed by atoms with Crippen LogP contribution >= 0.6 is 0 Å². The molecule has 3 aromatic rings. The zero-order valence-corrected chi connectivity index (χ0v) is 16.4. The third-order valence-corrected chi connectivity index (χ3v) is 5.69. The van der Waals surface area contributed by atoms with Crippen LogP contribution in [0.1, 0.15) is 26.7 Å². The second-order valence-electron chi connectivity index (χ2n) is 8.09. The van der Waals surface area contributed by atoms with E-state index in [1.54, 1.807) is 12.3 Å². The highest BCUT2D eigenvalue weighted by molar-refractivity contribution is 5.89. The van der Waals surface area contributed by atoms with Crippen molar-refractivity contribution in [1.29, 1.82) is 0 Å². The Labute approximate surface area is 164 Å². The minimum atomic E-state index is -0.367. The van der Waals surface area contributed by atoms with Gasteiger partial charge in [0.1, 0.15) is 11.5 Å². The second-order valence-corrected chi connectivity index (χ2v) is 8.09. The summed E-state index contributed by atoms with van der Waals surface area (Å²) in [5, 5.41) is 7.84. The van der Waals surface area contributed by atoms with E-state index in [9.17, 15) is 4.39 Å². The molecule has 0 aromatic carbocycles. The van der Waals surface area contributed by atoms with Crippen molar-refractivity contribution in [3.05, 3.63) is 36.3 Å². The minimum Gasteiger partial charge on any atom is -0.356 e. The lowest BCUT2D eigenvalue weighted by molar-refractivity contribution is 0.245. The van der Waals surface area contributed by atoms with Crippen LogP contribution in [0.15, 0.2) is 30.5 Å². The van der Waals surface area contributed by atoms with Gasteiger partial charge in [-0.2, -0.15) is 5.10 Å². The minimum absolute atomic E-state index is 0.286. The highest BCUT2D eigenvalue weighted by Gasteiger charge is 2.30. The van der Waals surface area contributed by atoms with Crippen molar-refractivity contribution in [3.8, 4) is 11.4 Å². The number of nitrogens with zero attached hydrogens (tertiary/aromatic N) is 4. The van der Waals surface area contributed by atoms with E-state index >= 15 is 0 Å². The molecule has 3 N–H and O–H groups in total. The van der Waals surface area contributed by atoms with E-state index in [-0.39, 0.29) is 11.5 Å². The summed E-state index contributed by atoms with van der Waals surface area (Å²) in [5.74, 6) is 2.13. The Hall–Kier alpha value is -2.54. The van der Waals surface area contributed by atoms with Crippen LogP contribution in [0.3, 0.4) is 0 Å². The fourth-order valence-electron chi connectivity index (χ4n) is 4.29. The van der Waals surface area contributed by atoms with Crippen molar-refractivity contribution in [2.45, 2.75) is 26.7 Å². The number of aromatic nitrogens is 4. The van der Waals surface area contributed by atoms with Crippen molar-refractivity contribution in [1.82, 2.24) is 20.2 Å². The molecule has 1 saturated heterocycles. The Morgan fingerprint density at radius 1 is 1.29 bits per heavy atom. The summed E-state index contributed by atoms with van der Waals surface area (Å²) in [4.78, 5) is 11.1. The number of anilines is 1. The number of piperidine rings is 1. The Kier molecular flexibility index (Phi) is 5.26. The molecule has 0 bridgehead atoms. The molecule has 2 unspecified atom stereocenters. The van der Waals surface area contributed by atoms with Crippen molar-refractivity contribution < 1.29 is 4.39 Å². The largest absolute Gasteiger partial charge is 0.356 e. The number of nitrogens with two attached hydrogens (primary N) is 1. The third kappa shape index (κ3) is 3.58. The van der Waals surface area contributed by atoms with Gasteiger partial charge in [-0.25, -0.2) is 14.4 Å². The predicted molar refractivity (Wildman–Crippen MR) is 109 cm³/mol. The number of rotatable bonds is 5. The Morgan fingerprint density at radius 3 is 2.93 bits per heavy atom. The monoisotopic (exact) mass is 382 g/mol. The van der Waals surface area contributed by atoms with Gasteiger partial charge in [-0.05, 0) is 61.4 Å². The second kappa shape index (κ2) is 7.83. The number of hydrogen-bond acceptors (Lipinski definition) is 5. The van der Waals surface area contributed by atoms with E-state index in [4.69, 9.17) is 5.73 Å². The Morgan fingerprint density at radius 2 is 2.14 bits per heavy atom. The lowest BCUT2D eigenvalue weighted by Gasteiger charge is -2.39. The van der Waals surface area contributed by atoms with E-state index in [1.807, 2.05) is 12.1 Å².